The van der Waals surface area contributed by atoms with Crippen molar-refractivity contribution in [1.29, 1.82) is 0 Å². The molecule has 5 rings (SSSR count). The van der Waals surface area contributed by atoms with Crippen molar-refractivity contribution in [2.24, 2.45) is 0 Å². The van der Waals surface area contributed by atoms with E-state index in [0.717, 1.165) is 40.3 Å². The Bertz CT molecular complexity index is 1350. The van der Waals surface area contributed by atoms with Crippen LogP contribution in [-0.4, -0.2) is 27.2 Å². The van der Waals surface area contributed by atoms with E-state index in [1.165, 1.54) is 16.0 Å². The van der Waals surface area contributed by atoms with E-state index in [1.54, 1.807) is 0 Å². The molecule has 4 nitrogen and oxygen atoms in total. The minimum Gasteiger partial charge on any atom is -0.342 e. The first-order valence-corrected chi connectivity index (χ1v) is 11.8. The van der Waals surface area contributed by atoms with Crippen LogP contribution in [0, 0.1) is 6.92 Å². The molecule has 0 aliphatic carbocycles. The fourth-order valence-corrected chi connectivity index (χ4v) is 4.99. The summed E-state index contributed by atoms with van der Waals surface area (Å²) < 4.78 is 2.20. The number of hydrogen-bond donors (Lipinski definition) is 0. The smallest absolute Gasteiger partial charge is 0.293 e. The number of aryl methyl sites for hydroxylation is 1. The van der Waals surface area contributed by atoms with Gasteiger partial charge in [0.15, 0.2) is 0 Å². The second-order valence-electron chi connectivity index (χ2n) is 8.28. The lowest BCUT2D eigenvalue weighted by Crippen LogP contribution is -2.30. The number of benzene rings is 3. The van der Waals surface area contributed by atoms with Crippen LogP contribution in [-0.2, 0) is 17.8 Å². The molecule has 1 aliphatic heterocycles. The minimum atomic E-state index is -0.212. The van der Waals surface area contributed by atoms with Crippen LogP contribution in [0.2, 0.25) is 0 Å². The molecule has 0 bridgehead atoms. The van der Waals surface area contributed by atoms with Crippen LogP contribution >= 0.6 is 11.8 Å². The summed E-state index contributed by atoms with van der Waals surface area (Å²) >= 11 is 1.02. The van der Waals surface area contributed by atoms with E-state index in [0.29, 0.717) is 17.9 Å². The topological polar surface area (TPSA) is 42.3 Å². The van der Waals surface area contributed by atoms with Crippen molar-refractivity contribution in [3.8, 4) is 0 Å². The largest absolute Gasteiger partial charge is 0.342 e. The third kappa shape index (κ3) is 4.50. The third-order valence-corrected chi connectivity index (χ3v) is 6.83. The Morgan fingerprint density at radius 2 is 1.58 bits per heavy atom. The van der Waals surface area contributed by atoms with Crippen molar-refractivity contribution < 1.29 is 9.59 Å². The first-order valence-electron chi connectivity index (χ1n) is 11.0. The first-order chi connectivity index (χ1) is 16.1. The Morgan fingerprint density at radius 3 is 2.36 bits per heavy atom. The third-order valence-electron chi connectivity index (χ3n) is 5.92. The van der Waals surface area contributed by atoms with Gasteiger partial charge in [-0.3, -0.25) is 14.5 Å². The van der Waals surface area contributed by atoms with E-state index < -0.39 is 0 Å². The predicted octanol–water partition coefficient (Wildman–Crippen LogP) is 6.28. The molecule has 164 valence electrons. The molecule has 1 saturated heterocycles. The highest BCUT2D eigenvalue weighted by atomic mass is 32.2. The lowest BCUT2D eigenvalue weighted by molar-refractivity contribution is -0.122. The van der Waals surface area contributed by atoms with Gasteiger partial charge in [0.1, 0.15) is 0 Å². The van der Waals surface area contributed by atoms with E-state index in [9.17, 15) is 9.59 Å². The molecule has 3 aromatic carbocycles. The van der Waals surface area contributed by atoms with E-state index in [-0.39, 0.29) is 11.1 Å². The number of fused-ring (bicyclic) bond motifs is 1. The number of thioether (sulfide) groups is 1. The van der Waals surface area contributed by atoms with Gasteiger partial charge in [-0.15, -0.1) is 0 Å². The van der Waals surface area contributed by atoms with Crippen LogP contribution in [0.4, 0.5) is 4.79 Å². The summed E-state index contributed by atoms with van der Waals surface area (Å²) in [7, 11) is 0. The van der Waals surface area contributed by atoms with Gasteiger partial charge in [-0.25, -0.2) is 0 Å². The van der Waals surface area contributed by atoms with E-state index in [1.807, 2.05) is 48.5 Å². The maximum absolute atomic E-state index is 13.0. The van der Waals surface area contributed by atoms with Crippen molar-refractivity contribution in [2.75, 3.05) is 6.54 Å². The van der Waals surface area contributed by atoms with Crippen LogP contribution in [0.5, 0.6) is 0 Å². The Kier molecular flexibility index (Phi) is 5.88. The van der Waals surface area contributed by atoms with Crippen LogP contribution in [0.3, 0.4) is 0 Å². The number of carbonyl (C=O) groups excluding carboxylic acids is 2. The normalized spacial score (nSPS) is 15.2. The predicted molar refractivity (Wildman–Crippen MR) is 135 cm³/mol. The molecule has 33 heavy (non-hydrogen) atoms. The van der Waals surface area contributed by atoms with Gasteiger partial charge >= 0.3 is 0 Å². The van der Waals surface area contributed by atoms with E-state index in [2.05, 4.69) is 54.1 Å². The molecule has 0 unspecified atom stereocenters. The zero-order valence-electron chi connectivity index (χ0n) is 18.4. The molecule has 1 fully saturated rings. The van der Waals surface area contributed by atoms with Crippen molar-refractivity contribution in [2.45, 2.75) is 19.9 Å². The zero-order chi connectivity index (χ0) is 22.8. The summed E-state index contributed by atoms with van der Waals surface area (Å²) in [5.74, 6) is -0.212. The molecular formula is C28H24N2O2S. The second-order valence-corrected chi connectivity index (χ2v) is 9.28. The summed E-state index contributed by atoms with van der Waals surface area (Å²) in [4.78, 5) is 27.4. The summed E-state index contributed by atoms with van der Waals surface area (Å²) in [5.41, 5.74) is 5.62. The zero-order valence-corrected chi connectivity index (χ0v) is 19.2. The average Bonchev–Trinajstić information content (AvgIpc) is 3.31. The molecule has 0 radical (unpaired) electrons. The summed E-state index contributed by atoms with van der Waals surface area (Å²) in [5, 5.41) is 0.867. The number of nitrogens with zero attached hydrogens (tertiary/aromatic N) is 2. The van der Waals surface area contributed by atoms with Crippen LogP contribution < -0.4 is 0 Å². The quantitative estimate of drug-likeness (QED) is 0.324. The Labute approximate surface area is 197 Å². The molecule has 5 heteroatoms. The SMILES string of the molecule is Cc1ccc(Cn2cc(/C=C3\SC(=O)N(CCc4ccccc4)C3=O)c3ccccc32)cc1. The highest BCUT2D eigenvalue weighted by molar-refractivity contribution is 8.18. The maximum atomic E-state index is 13.0. The average molecular weight is 453 g/mol. The molecule has 2 heterocycles. The van der Waals surface area contributed by atoms with Gasteiger partial charge in [0, 0.05) is 35.8 Å². The van der Waals surface area contributed by atoms with Gasteiger partial charge in [-0.2, -0.15) is 0 Å². The number of amides is 2. The van der Waals surface area contributed by atoms with Crippen molar-refractivity contribution in [3.63, 3.8) is 0 Å². The molecule has 1 aromatic heterocycles. The summed E-state index contributed by atoms with van der Waals surface area (Å²) in [6, 6.07) is 26.6. The minimum absolute atomic E-state index is 0.203. The molecule has 0 spiro atoms. The fraction of sp³-hybridized carbons (Fsp3) is 0.143. The molecule has 0 N–H and O–H groups in total. The highest BCUT2D eigenvalue weighted by Crippen LogP contribution is 2.34. The van der Waals surface area contributed by atoms with Gasteiger partial charge in [-0.05, 0) is 48.4 Å². The van der Waals surface area contributed by atoms with Gasteiger partial charge < -0.3 is 4.57 Å². The Hall–Kier alpha value is -3.57. The monoisotopic (exact) mass is 452 g/mol. The van der Waals surface area contributed by atoms with Crippen molar-refractivity contribution in [1.82, 2.24) is 9.47 Å². The molecule has 2 amide bonds. The van der Waals surface area contributed by atoms with Crippen molar-refractivity contribution in [3.05, 3.63) is 112 Å². The Morgan fingerprint density at radius 1 is 0.848 bits per heavy atom. The number of para-hydroxylation sites is 1. The lowest BCUT2D eigenvalue weighted by atomic mass is 10.1. The molecule has 0 saturated carbocycles. The van der Waals surface area contributed by atoms with Gasteiger partial charge in [0.2, 0.25) is 0 Å². The maximum Gasteiger partial charge on any atom is 0.293 e. The molecule has 0 atom stereocenters. The van der Waals surface area contributed by atoms with E-state index in [4.69, 9.17) is 0 Å². The number of rotatable bonds is 6. The number of imide groups is 1. The van der Waals surface area contributed by atoms with Gasteiger partial charge in [0.25, 0.3) is 11.1 Å². The second kappa shape index (κ2) is 9.12. The fourth-order valence-electron chi connectivity index (χ4n) is 4.13. The number of aromatic nitrogens is 1. The molecular weight excluding hydrogens is 428 g/mol. The van der Waals surface area contributed by atoms with Crippen LogP contribution in [0.1, 0.15) is 22.3 Å². The molecule has 4 aromatic rings. The van der Waals surface area contributed by atoms with E-state index >= 15 is 0 Å². The Balaban J connectivity index is 1.41. The number of hydrogen-bond acceptors (Lipinski definition) is 3. The highest BCUT2D eigenvalue weighted by Gasteiger charge is 2.34. The van der Waals surface area contributed by atoms with Crippen LogP contribution in [0.15, 0.2) is 90.0 Å². The van der Waals surface area contributed by atoms with Crippen molar-refractivity contribution >= 4 is 39.9 Å². The van der Waals surface area contributed by atoms with Gasteiger partial charge in [-0.1, -0.05) is 78.4 Å². The summed E-state index contributed by atoms with van der Waals surface area (Å²) in [6.45, 7) is 3.22. The molecule has 1 aliphatic rings. The number of carbonyl (C=O) groups is 2. The van der Waals surface area contributed by atoms with Gasteiger partial charge in [0.05, 0.1) is 4.91 Å². The first kappa shape index (κ1) is 21.3. The summed E-state index contributed by atoms with van der Waals surface area (Å²) in [6.07, 6.45) is 4.59. The van der Waals surface area contributed by atoms with Crippen LogP contribution in [0.25, 0.3) is 17.0 Å². The standard InChI is InChI=1S/C28H24N2O2S/c1-20-11-13-22(14-12-20)18-29-19-23(24-9-5-6-10-25(24)29)17-26-27(31)30(28(32)33-26)16-15-21-7-3-2-4-8-21/h2-14,17,19H,15-16,18H2,1H3/b26-17-. The lowest BCUT2D eigenvalue weighted by Gasteiger charge is -2.12.